The van der Waals surface area contributed by atoms with Crippen molar-refractivity contribution < 1.29 is 9.18 Å². The molecule has 0 spiro atoms. The van der Waals surface area contributed by atoms with Crippen LogP contribution in [0.1, 0.15) is 35.6 Å². The van der Waals surface area contributed by atoms with Gasteiger partial charge in [-0.15, -0.1) is 5.10 Å². The highest BCUT2D eigenvalue weighted by Crippen LogP contribution is 2.18. The molecule has 3 heterocycles. The van der Waals surface area contributed by atoms with E-state index in [0.29, 0.717) is 18.9 Å². The molecule has 1 aliphatic rings. The monoisotopic (exact) mass is 412 g/mol. The number of hydrogen-bond acceptors (Lipinski definition) is 6. The molecule has 9 nitrogen and oxygen atoms in total. The van der Waals surface area contributed by atoms with Gasteiger partial charge in [0.2, 0.25) is 5.91 Å². The number of rotatable bonds is 7. The Balaban J connectivity index is 1.39. The molecule has 0 radical (unpaired) electrons. The SMILES string of the molecule is Cc1nn(-c2ccc(F)cc2)c(C)c1CNC(=O)Cn1nnnc1CN1CCCC1. The molecular formula is C20H25FN8O. The molecule has 0 aliphatic carbocycles. The average Bonchev–Trinajstić information content (AvgIpc) is 3.45. The fourth-order valence-electron chi connectivity index (χ4n) is 3.74. The van der Waals surface area contributed by atoms with E-state index in [-0.39, 0.29) is 18.3 Å². The van der Waals surface area contributed by atoms with Gasteiger partial charge in [0.05, 0.1) is 17.9 Å². The van der Waals surface area contributed by atoms with Crippen LogP contribution in [0.5, 0.6) is 0 Å². The molecule has 3 aromatic rings. The van der Waals surface area contributed by atoms with Gasteiger partial charge in [-0.3, -0.25) is 9.69 Å². The Morgan fingerprint density at radius 2 is 1.90 bits per heavy atom. The van der Waals surface area contributed by atoms with E-state index in [1.54, 1.807) is 21.5 Å². The maximum Gasteiger partial charge on any atom is 0.242 e. The van der Waals surface area contributed by atoms with E-state index >= 15 is 0 Å². The van der Waals surface area contributed by atoms with Crippen molar-refractivity contribution in [2.45, 2.75) is 46.3 Å². The summed E-state index contributed by atoms with van der Waals surface area (Å²) < 4.78 is 16.5. The zero-order chi connectivity index (χ0) is 21.1. The summed E-state index contributed by atoms with van der Waals surface area (Å²) in [6.07, 6.45) is 2.37. The van der Waals surface area contributed by atoms with Crippen molar-refractivity contribution in [1.29, 1.82) is 0 Å². The standard InChI is InChI=1S/C20H25FN8O/c1-14-18(15(2)29(24-14)17-7-5-16(21)6-8-17)11-22-20(30)13-28-19(23-25-26-28)12-27-9-3-4-10-27/h5-8H,3-4,9-13H2,1-2H3,(H,22,30). The molecule has 0 unspecified atom stereocenters. The van der Waals surface area contributed by atoms with Gasteiger partial charge in [0.15, 0.2) is 5.82 Å². The zero-order valence-electron chi connectivity index (χ0n) is 17.2. The molecule has 1 fully saturated rings. The number of aryl methyl sites for hydroxylation is 1. The van der Waals surface area contributed by atoms with Crippen LogP contribution in [-0.2, 0) is 24.4 Å². The summed E-state index contributed by atoms with van der Waals surface area (Å²) in [5.41, 5.74) is 3.42. The van der Waals surface area contributed by atoms with Crippen molar-refractivity contribution in [3.05, 3.63) is 52.9 Å². The number of aromatic nitrogens is 6. The second-order valence-corrected chi connectivity index (χ2v) is 7.55. The predicted molar refractivity (Wildman–Crippen MR) is 107 cm³/mol. The first-order valence-corrected chi connectivity index (χ1v) is 10.1. The van der Waals surface area contributed by atoms with Gasteiger partial charge >= 0.3 is 0 Å². The third kappa shape index (κ3) is 4.38. The zero-order valence-corrected chi connectivity index (χ0v) is 17.2. The number of amides is 1. The van der Waals surface area contributed by atoms with E-state index in [1.165, 1.54) is 25.0 Å². The summed E-state index contributed by atoms with van der Waals surface area (Å²) in [5, 5.41) is 19.2. The molecule has 1 aliphatic heterocycles. The van der Waals surface area contributed by atoms with Gasteiger partial charge < -0.3 is 5.32 Å². The van der Waals surface area contributed by atoms with Crippen molar-refractivity contribution in [1.82, 2.24) is 40.2 Å². The molecule has 10 heteroatoms. The van der Waals surface area contributed by atoms with Crippen LogP contribution in [0.25, 0.3) is 5.69 Å². The van der Waals surface area contributed by atoms with Crippen LogP contribution in [0.3, 0.4) is 0 Å². The van der Waals surface area contributed by atoms with Crippen LogP contribution >= 0.6 is 0 Å². The Kier molecular flexibility index (Phi) is 5.84. The quantitative estimate of drug-likeness (QED) is 0.633. The number of likely N-dealkylation sites (tertiary alicyclic amines) is 1. The van der Waals surface area contributed by atoms with E-state index in [4.69, 9.17) is 0 Å². The van der Waals surface area contributed by atoms with Gasteiger partial charge in [-0.2, -0.15) is 5.10 Å². The average molecular weight is 412 g/mol. The maximum absolute atomic E-state index is 13.2. The van der Waals surface area contributed by atoms with Crippen LogP contribution in [-0.4, -0.2) is 53.9 Å². The fraction of sp³-hybridized carbons (Fsp3) is 0.450. The number of tetrazole rings is 1. The minimum Gasteiger partial charge on any atom is -0.350 e. The number of halogens is 1. The lowest BCUT2D eigenvalue weighted by Crippen LogP contribution is -2.30. The minimum atomic E-state index is -0.292. The molecule has 158 valence electrons. The molecule has 4 rings (SSSR count). The number of nitrogens with zero attached hydrogens (tertiary/aromatic N) is 7. The Morgan fingerprint density at radius 1 is 1.17 bits per heavy atom. The lowest BCUT2D eigenvalue weighted by molar-refractivity contribution is -0.122. The molecule has 1 amide bonds. The van der Waals surface area contributed by atoms with E-state index in [9.17, 15) is 9.18 Å². The third-order valence-electron chi connectivity index (χ3n) is 5.44. The van der Waals surface area contributed by atoms with E-state index < -0.39 is 0 Å². The summed E-state index contributed by atoms with van der Waals surface area (Å²) in [6.45, 7) is 6.97. The van der Waals surface area contributed by atoms with E-state index in [2.05, 4.69) is 30.8 Å². The van der Waals surface area contributed by atoms with Crippen molar-refractivity contribution in [2.75, 3.05) is 13.1 Å². The van der Waals surface area contributed by atoms with Gasteiger partial charge in [-0.25, -0.2) is 13.8 Å². The van der Waals surface area contributed by atoms with Crippen LogP contribution in [0.2, 0.25) is 0 Å². The highest BCUT2D eigenvalue weighted by Gasteiger charge is 2.18. The lowest BCUT2D eigenvalue weighted by Gasteiger charge is -2.13. The first-order chi connectivity index (χ1) is 14.5. The summed E-state index contributed by atoms with van der Waals surface area (Å²) in [5.74, 6) is 0.237. The minimum absolute atomic E-state index is 0.0698. The first-order valence-electron chi connectivity index (χ1n) is 10.1. The fourth-order valence-corrected chi connectivity index (χ4v) is 3.74. The van der Waals surface area contributed by atoms with Gasteiger partial charge in [0, 0.05) is 17.8 Å². The smallest absolute Gasteiger partial charge is 0.242 e. The second kappa shape index (κ2) is 8.70. The maximum atomic E-state index is 13.2. The van der Waals surface area contributed by atoms with Crippen LogP contribution in [0.15, 0.2) is 24.3 Å². The molecule has 30 heavy (non-hydrogen) atoms. The molecule has 0 saturated carbocycles. The van der Waals surface area contributed by atoms with E-state index in [0.717, 1.165) is 35.7 Å². The van der Waals surface area contributed by atoms with Gasteiger partial charge in [0.1, 0.15) is 12.4 Å². The molecular weight excluding hydrogens is 387 g/mol. The first kappa shape index (κ1) is 20.1. The molecule has 0 atom stereocenters. The Morgan fingerprint density at radius 3 is 2.63 bits per heavy atom. The highest BCUT2D eigenvalue weighted by molar-refractivity contribution is 5.75. The van der Waals surface area contributed by atoms with E-state index in [1.807, 2.05) is 13.8 Å². The summed E-state index contributed by atoms with van der Waals surface area (Å²) in [4.78, 5) is 14.8. The number of carbonyl (C=O) groups is 1. The summed E-state index contributed by atoms with van der Waals surface area (Å²) in [7, 11) is 0. The highest BCUT2D eigenvalue weighted by atomic mass is 19.1. The molecule has 0 bridgehead atoms. The van der Waals surface area contributed by atoms with Crippen molar-refractivity contribution in [3.63, 3.8) is 0 Å². The number of carbonyl (C=O) groups excluding carboxylic acids is 1. The van der Waals surface area contributed by atoms with Crippen LogP contribution in [0.4, 0.5) is 4.39 Å². The van der Waals surface area contributed by atoms with Crippen LogP contribution < -0.4 is 5.32 Å². The summed E-state index contributed by atoms with van der Waals surface area (Å²) in [6, 6.07) is 6.16. The molecule has 1 N–H and O–H groups in total. The summed E-state index contributed by atoms with van der Waals surface area (Å²) >= 11 is 0. The molecule has 1 aromatic carbocycles. The Hall–Kier alpha value is -3.14. The largest absolute Gasteiger partial charge is 0.350 e. The number of hydrogen-bond donors (Lipinski definition) is 1. The topological polar surface area (TPSA) is 93.8 Å². The number of nitrogens with one attached hydrogen (secondary N) is 1. The van der Waals surface area contributed by atoms with Gasteiger partial charge in [-0.05, 0) is 74.5 Å². The van der Waals surface area contributed by atoms with Crippen LogP contribution in [0, 0.1) is 19.7 Å². The Bertz CT molecular complexity index is 1020. The number of benzene rings is 1. The lowest BCUT2D eigenvalue weighted by atomic mass is 10.2. The third-order valence-corrected chi connectivity index (χ3v) is 5.44. The van der Waals surface area contributed by atoms with Crippen molar-refractivity contribution in [3.8, 4) is 5.69 Å². The van der Waals surface area contributed by atoms with Gasteiger partial charge in [-0.1, -0.05) is 0 Å². The van der Waals surface area contributed by atoms with Gasteiger partial charge in [0.25, 0.3) is 0 Å². The molecule has 2 aromatic heterocycles. The van der Waals surface area contributed by atoms with Crippen molar-refractivity contribution >= 4 is 5.91 Å². The predicted octanol–water partition coefficient (Wildman–Crippen LogP) is 1.53. The Labute approximate surface area is 173 Å². The normalized spacial score (nSPS) is 14.4. The second-order valence-electron chi connectivity index (χ2n) is 7.55. The molecule has 1 saturated heterocycles. The van der Waals surface area contributed by atoms with Crippen molar-refractivity contribution in [2.24, 2.45) is 0 Å².